The van der Waals surface area contributed by atoms with Crippen molar-refractivity contribution < 1.29 is 0 Å². The number of nitrogens with zero attached hydrogens (tertiary/aromatic N) is 2. The number of guanidine groups is 1. The van der Waals surface area contributed by atoms with Crippen LogP contribution in [0.3, 0.4) is 0 Å². The Morgan fingerprint density at radius 1 is 1.32 bits per heavy atom. The Morgan fingerprint density at radius 2 is 2.05 bits per heavy atom. The monoisotopic (exact) mass is 262 g/mol. The van der Waals surface area contributed by atoms with E-state index in [1.54, 1.807) is 0 Å². The third-order valence-electron chi connectivity index (χ3n) is 2.89. The van der Waals surface area contributed by atoms with E-state index in [4.69, 9.17) is 5.73 Å². The van der Waals surface area contributed by atoms with E-state index in [1.807, 2.05) is 6.07 Å². The van der Waals surface area contributed by atoms with Gasteiger partial charge in [-0.2, -0.15) is 0 Å². The summed E-state index contributed by atoms with van der Waals surface area (Å²) in [5.74, 6) is 0.557. The minimum Gasteiger partial charge on any atom is -0.370 e. The van der Waals surface area contributed by atoms with Crippen LogP contribution in [0.4, 0.5) is 0 Å². The van der Waals surface area contributed by atoms with Gasteiger partial charge in [0.15, 0.2) is 5.96 Å². The van der Waals surface area contributed by atoms with E-state index < -0.39 is 0 Å². The fourth-order valence-electron chi connectivity index (χ4n) is 1.76. The first-order chi connectivity index (χ1) is 9.22. The molecule has 106 valence electrons. The van der Waals surface area contributed by atoms with Crippen LogP contribution in [0.1, 0.15) is 25.3 Å². The van der Waals surface area contributed by atoms with E-state index in [2.05, 4.69) is 53.4 Å². The highest BCUT2D eigenvalue weighted by atomic mass is 15.1. The van der Waals surface area contributed by atoms with Crippen LogP contribution in [-0.4, -0.2) is 37.5 Å². The first-order valence-electron chi connectivity index (χ1n) is 6.98. The van der Waals surface area contributed by atoms with Gasteiger partial charge in [-0.15, -0.1) is 0 Å². The summed E-state index contributed by atoms with van der Waals surface area (Å²) in [5.41, 5.74) is 7.10. The minimum atomic E-state index is 0.557. The lowest BCUT2D eigenvalue weighted by Crippen LogP contribution is -2.37. The van der Waals surface area contributed by atoms with Gasteiger partial charge < -0.3 is 16.0 Å². The summed E-state index contributed by atoms with van der Waals surface area (Å²) in [7, 11) is 2.11. The van der Waals surface area contributed by atoms with Gasteiger partial charge in [0, 0.05) is 26.2 Å². The van der Waals surface area contributed by atoms with E-state index in [1.165, 1.54) is 5.56 Å². The summed E-state index contributed by atoms with van der Waals surface area (Å²) in [6, 6.07) is 10.5. The second-order valence-corrected chi connectivity index (χ2v) is 4.77. The Morgan fingerprint density at radius 3 is 2.74 bits per heavy atom. The van der Waals surface area contributed by atoms with Crippen LogP contribution >= 0.6 is 0 Å². The lowest BCUT2D eigenvalue weighted by molar-refractivity contribution is 0.331. The first-order valence-corrected chi connectivity index (χ1v) is 6.98. The fourth-order valence-corrected chi connectivity index (χ4v) is 1.76. The van der Waals surface area contributed by atoms with Crippen molar-refractivity contribution >= 4 is 5.96 Å². The number of nitrogens with two attached hydrogens (primary N) is 1. The number of unbranched alkanes of at least 4 members (excludes halogenated alkanes) is 1. The Balaban J connectivity index is 2.16. The van der Waals surface area contributed by atoms with Gasteiger partial charge in [0.2, 0.25) is 0 Å². The molecule has 0 fully saturated rings. The summed E-state index contributed by atoms with van der Waals surface area (Å²) >= 11 is 0. The molecule has 0 saturated heterocycles. The van der Waals surface area contributed by atoms with Gasteiger partial charge >= 0.3 is 0 Å². The van der Waals surface area contributed by atoms with Crippen molar-refractivity contribution in [3.05, 3.63) is 35.9 Å². The average Bonchev–Trinajstić information content (AvgIpc) is 2.40. The van der Waals surface area contributed by atoms with Crippen LogP contribution in [0.25, 0.3) is 0 Å². The van der Waals surface area contributed by atoms with E-state index in [0.717, 1.165) is 39.0 Å². The van der Waals surface area contributed by atoms with Crippen molar-refractivity contribution in [3.8, 4) is 0 Å². The number of rotatable bonds is 8. The van der Waals surface area contributed by atoms with Crippen LogP contribution in [0, 0.1) is 0 Å². The molecule has 1 aromatic rings. The standard InChI is InChI=1S/C15H26N4/c1-3-4-10-17-15(16)18-11-12-19(2)13-14-8-6-5-7-9-14/h5-9H,3-4,10-13H2,1-2H3,(H3,16,17,18). The van der Waals surface area contributed by atoms with Crippen LogP contribution in [-0.2, 0) is 6.54 Å². The van der Waals surface area contributed by atoms with Gasteiger partial charge in [0.25, 0.3) is 0 Å². The number of likely N-dealkylation sites (N-methyl/N-ethyl adjacent to an activating group) is 1. The molecular formula is C15H26N4. The molecule has 0 unspecified atom stereocenters. The maximum absolute atomic E-state index is 5.77. The second kappa shape index (κ2) is 9.39. The predicted octanol–water partition coefficient (Wildman–Crippen LogP) is 1.82. The molecule has 0 bridgehead atoms. The van der Waals surface area contributed by atoms with Crippen molar-refractivity contribution in [1.82, 2.24) is 10.2 Å². The van der Waals surface area contributed by atoms with E-state index in [9.17, 15) is 0 Å². The number of nitrogens with one attached hydrogen (secondary N) is 1. The van der Waals surface area contributed by atoms with Gasteiger partial charge in [-0.25, -0.2) is 0 Å². The maximum Gasteiger partial charge on any atom is 0.188 e. The molecule has 0 saturated carbocycles. The van der Waals surface area contributed by atoms with Crippen LogP contribution < -0.4 is 11.1 Å². The van der Waals surface area contributed by atoms with E-state index in [-0.39, 0.29) is 0 Å². The van der Waals surface area contributed by atoms with Gasteiger partial charge in [0.05, 0.1) is 0 Å². The Labute approximate surface area is 116 Å². The van der Waals surface area contributed by atoms with Gasteiger partial charge in [-0.3, -0.25) is 4.99 Å². The van der Waals surface area contributed by atoms with Crippen molar-refractivity contribution in [3.63, 3.8) is 0 Å². The van der Waals surface area contributed by atoms with Crippen molar-refractivity contribution in [2.75, 3.05) is 26.7 Å². The topological polar surface area (TPSA) is 53.6 Å². The zero-order chi connectivity index (χ0) is 13.9. The van der Waals surface area contributed by atoms with Gasteiger partial charge in [-0.05, 0) is 19.0 Å². The van der Waals surface area contributed by atoms with Crippen LogP contribution in [0.15, 0.2) is 35.3 Å². The molecule has 0 radical (unpaired) electrons. The largest absolute Gasteiger partial charge is 0.370 e. The number of benzene rings is 1. The number of hydrogen-bond acceptors (Lipinski definition) is 2. The highest BCUT2D eigenvalue weighted by molar-refractivity contribution is 5.77. The summed E-state index contributed by atoms with van der Waals surface area (Å²) in [6.07, 6.45) is 2.24. The molecule has 1 rings (SSSR count). The molecule has 4 nitrogen and oxygen atoms in total. The maximum atomic E-state index is 5.77. The zero-order valence-corrected chi connectivity index (χ0v) is 12.1. The minimum absolute atomic E-state index is 0.557. The molecule has 4 heteroatoms. The van der Waals surface area contributed by atoms with Crippen molar-refractivity contribution in [2.45, 2.75) is 26.3 Å². The SMILES string of the molecule is CCCCN=C(N)NCCN(C)Cc1ccccc1. The summed E-state index contributed by atoms with van der Waals surface area (Å²) in [4.78, 5) is 6.53. The molecule has 0 aromatic heterocycles. The Bertz CT molecular complexity index is 362. The van der Waals surface area contributed by atoms with Crippen LogP contribution in [0.5, 0.6) is 0 Å². The normalized spacial score (nSPS) is 11.8. The van der Waals surface area contributed by atoms with Crippen molar-refractivity contribution in [1.29, 1.82) is 0 Å². The fraction of sp³-hybridized carbons (Fsp3) is 0.533. The molecule has 0 atom stereocenters. The first kappa shape index (κ1) is 15.5. The van der Waals surface area contributed by atoms with E-state index in [0.29, 0.717) is 5.96 Å². The summed E-state index contributed by atoms with van der Waals surface area (Å²) in [6.45, 7) is 5.69. The second-order valence-electron chi connectivity index (χ2n) is 4.77. The predicted molar refractivity (Wildman–Crippen MR) is 82.2 cm³/mol. The van der Waals surface area contributed by atoms with Gasteiger partial charge in [0.1, 0.15) is 0 Å². The molecule has 0 aliphatic carbocycles. The molecule has 1 aromatic carbocycles. The lowest BCUT2D eigenvalue weighted by atomic mass is 10.2. The quantitative estimate of drug-likeness (QED) is 0.427. The average molecular weight is 262 g/mol. The Kier molecular flexibility index (Phi) is 7.66. The molecular weight excluding hydrogens is 236 g/mol. The Hall–Kier alpha value is -1.55. The highest BCUT2D eigenvalue weighted by Gasteiger charge is 1.99. The lowest BCUT2D eigenvalue weighted by Gasteiger charge is -2.17. The van der Waals surface area contributed by atoms with E-state index >= 15 is 0 Å². The highest BCUT2D eigenvalue weighted by Crippen LogP contribution is 2.01. The third-order valence-corrected chi connectivity index (χ3v) is 2.89. The molecule has 0 heterocycles. The van der Waals surface area contributed by atoms with Gasteiger partial charge in [-0.1, -0.05) is 43.7 Å². The number of hydrogen-bond donors (Lipinski definition) is 2. The van der Waals surface area contributed by atoms with Crippen LogP contribution in [0.2, 0.25) is 0 Å². The molecule has 0 spiro atoms. The molecule has 0 aliphatic rings. The van der Waals surface area contributed by atoms with Crippen molar-refractivity contribution in [2.24, 2.45) is 10.7 Å². The molecule has 19 heavy (non-hydrogen) atoms. The summed E-state index contributed by atoms with van der Waals surface area (Å²) < 4.78 is 0. The zero-order valence-electron chi connectivity index (χ0n) is 12.1. The number of aliphatic imine (C=N–C) groups is 1. The smallest absolute Gasteiger partial charge is 0.188 e. The molecule has 0 amide bonds. The third kappa shape index (κ3) is 7.47. The summed E-state index contributed by atoms with van der Waals surface area (Å²) in [5, 5.41) is 3.14. The molecule has 0 aliphatic heterocycles. The molecule has 3 N–H and O–H groups in total.